The van der Waals surface area contributed by atoms with Gasteiger partial charge in [-0.1, -0.05) is 13.8 Å². The molecule has 0 saturated heterocycles. The molecular weight excluding hydrogens is 164 g/mol. The molecule has 0 bridgehead atoms. The number of likely N-dealkylation sites (N-methyl/N-ethyl adjacent to an activating group) is 1. The van der Waals surface area contributed by atoms with E-state index in [1.807, 2.05) is 0 Å². The van der Waals surface area contributed by atoms with Crippen molar-refractivity contribution >= 4 is 10.9 Å². The fourth-order valence-corrected chi connectivity index (χ4v) is 1.12. The van der Waals surface area contributed by atoms with Gasteiger partial charge < -0.3 is 4.90 Å². The Morgan fingerprint density at radius 2 is 1.82 bits per heavy atom. The molecule has 0 radical (unpaired) electrons. The maximum Gasteiger partial charge on any atom is 0.201 e. The van der Waals surface area contributed by atoms with E-state index in [1.165, 1.54) is 0 Å². The zero-order valence-corrected chi connectivity index (χ0v) is 7.93. The van der Waals surface area contributed by atoms with Gasteiger partial charge in [-0.25, -0.2) is 13.1 Å². The Labute approximate surface area is 69.7 Å². The molecule has 0 spiro atoms. The molecule has 0 unspecified atom stereocenters. The molecule has 4 nitrogen and oxygen atoms in total. The number of rotatable bonds is 6. The number of nitrogens with zero attached hydrogens (tertiary/aromatic N) is 1. The molecule has 0 saturated carbocycles. The van der Waals surface area contributed by atoms with Crippen molar-refractivity contribution in [3.05, 3.63) is 0 Å². The average Bonchev–Trinajstić information content (AvgIpc) is 1.98. The van der Waals surface area contributed by atoms with E-state index >= 15 is 0 Å². The average molecular weight is 180 g/mol. The monoisotopic (exact) mass is 180 g/mol. The molecule has 0 aliphatic rings. The van der Waals surface area contributed by atoms with Crippen LogP contribution < -0.4 is 4.72 Å². The van der Waals surface area contributed by atoms with Crippen LogP contribution in [-0.2, 0) is 10.9 Å². The van der Waals surface area contributed by atoms with E-state index in [0.29, 0.717) is 6.54 Å². The van der Waals surface area contributed by atoms with E-state index in [2.05, 4.69) is 23.5 Å². The second kappa shape index (κ2) is 6.57. The minimum absolute atomic E-state index is 0.514. The normalized spacial score (nSPS) is 11.3. The highest BCUT2D eigenvalue weighted by atomic mass is 32.2. The van der Waals surface area contributed by atoms with Crippen LogP contribution in [0, 0.1) is 0 Å². The van der Waals surface area contributed by atoms with Crippen molar-refractivity contribution < 1.29 is 8.42 Å². The summed E-state index contributed by atoms with van der Waals surface area (Å²) < 4.78 is 22.5. The Balaban J connectivity index is 3.35. The van der Waals surface area contributed by atoms with Gasteiger partial charge in [-0.05, 0) is 13.1 Å². The highest BCUT2D eigenvalue weighted by molar-refractivity contribution is 7.70. The van der Waals surface area contributed by atoms with Crippen molar-refractivity contribution in [2.45, 2.75) is 13.8 Å². The molecule has 0 aromatic rings. The van der Waals surface area contributed by atoms with Gasteiger partial charge in [-0.3, -0.25) is 0 Å². The molecule has 0 heterocycles. The second-order valence-electron chi connectivity index (χ2n) is 2.19. The van der Waals surface area contributed by atoms with Crippen molar-refractivity contribution in [3.63, 3.8) is 0 Å². The second-order valence-corrected chi connectivity index (χ2v) is 3.02. The fraction of sp³-hybridized carbons (Fsp3) is 1.00. The zero-order chi connectivity index (χ0) is 8.69. The van der Waals surface area contributed by atoms with Crippen LogP contribution in [0.3, 0.4) is 0 Å². The van der Waals surface area contributed by atoms with Crippen LogP contribution in [-0.4, -0.2) is 39.5 Å². The van der Waals surface area contributed by atoms with Gasteiger partial charge in [0.2, 0.25) is 10.9 Å². The third-order valence-corrected chi connectivity index (χ3v) is 2.05. The van der Waals surface area contributed by atoms with E-state index in [-0.39, 0.29) is 0 Å². The fourth-order valence-electron chi connectivity index (χ4n) is 0.839. The summed E-state index contributed by atoms with van der Waals surface area (Å²) in [7, 11) is -2.42. The van der Waals surface area contributed by atoms with Crippen molar-refractivity contribution in [1.82, 2.24) is 9.62 Å². The van der Waals surface area contributed by atoms with Crippen LogP contribution in [0.15, 0.2) is 0 Å². The largest absolute Gasteiger partial charge is 0.303 e. The summed E-state index contributed by atoms with van der Waals surface area (Å²) in [6, 6.07) is 0. The first kappa shape index (κ1) is 10.9. The van der Waals surface area contributed by atoms with Crippen LogP contribution in [0.4, 0.5) is 0 Å². The van der Waals surface area contributed by atoms with Crippen LogP contribution in [0.2, 0.25) is 0 Å². The Morgan fingerprint density at radius 1 is 1.27 bits per heavy atom. The van der Waals surface area contributed by atoms with E-state index in [1.54, 1.807) is 0 Å². The zero-order valence-electron chi connectivity index (χ0n) is 7.04. The summed E-state index contributed by atoms with van der Waals surface area (Å²) in [6.45, 7) is 7.35. The van der Waals surface area contributed by atoms with Gasteiger partial charge >= 0.3 is 0 Å². The number of thiol groups is 1. The van der Waals surface area contributed by atoms with E-state index < -0.39 is 10.9 Å². The van der Waals surface area contributed by atoms with Crippen LogP contribution in [0.25, 0.3) is 0 Å². The Bertz CT molecular complexity index is 147. The number of nitrogens with one attached hydrogen (secondary N) is 1. The van der Waals surface area contributed by atoms with Gasteiger partial charge in [0.15, 0.2) is 0 Å². The summed E-state index contributed by atoms with van der Waals surface area (Å²) in [5.74, 6) is 0. The van der Waals surface area contributed by atoms with Gasteiger partial charge in [-0.15, -0.1) is 0 Å². The van der Waals surface area contributed by atoms with E-state index in [0.717, 1.165) is 19.6 Å². The Morgan fingerprint density at radius 3 is 2.18 bits per heavy atom. The first-order valence-electron chi connectivity index (χ1n) is 3.81. The number of hydrogen-bond donors (Lipinski definition) is 2. The lowest BCUT2D eigenvalue weighted by Crippen LogP contribution is -2.31. The van der Waals surface area contributed by atoms with Gasteiger partial charge in [0.05, 0.1) is 0 Å². The third kappa shape index (κ3) is 6.28. The molecule has 0 amide bonds. The van der Waals surface area contributed by atoms with Gasteiger partial charge in [-0.2, -0.15) is 0 Å². The minimum atomic E-state index is -2.42. The summed E-state index contributed by atoms with van der Waals surface area (Å²) >= 11 is 0. The van der Waals surface area contributed by atoms with Crippen molar-refractivity contribution in [3.8, 4) is 0 Å². The summed E-state index contributed by atoms with van der Waals surface area (Å²) in [6.07, 6.45) is 0. The topological polar surface area (TPSA) is 49.4 Å². The van der Waals surface area contributed by atoms with Gasteiger partial charge in [0.25, 0.3) is 0 Å². The van der Waals surface area contributed by atoms with Gasteiger partial charge in [0.1, 0.15) is 0 Å². The van der Waals surface area contributed by atoms with E-state index in [9.17, 15) is 8.42 Å². The smallest absolute Gasteiger partial charge is 0.201 e. The highest BCUT2D eigenvalue weighted by Gasteiger charge is 1.96. The molecule has 68 valence electrons. The van der Waals surface area contributed by atoms with Crippen LogP contribution in [0.5, 0.6) is 0 Å². The molecule has 0 rings (SSSR count). The third-order valence-electron chi connectivity index (χ3n) is 1.56. The Hall–Kier alpha value is -0.130. The molecule has 5 heteroatoms. The Kier molecular flexibility index (Phi) is 6.49. The molecule has 0 aliphatic heterocycles. The molecule has 11 heavy (non-hydrogen) atoms. The lowest BCUT2D eigenvalue weighted by Gasteiger charge is -2.16. The van der Waals surface area contributed by atoms with Crippen molar-refractivity contribution in [1.29, 1.82) is 0 Å². The van der Waals surface area contributed by atoms with Crippen molar-refractivity contribution in [2.24, 2.45) is 0 Å². The quantitative estimate of drug-likeness (QED) is 0.539. The highest BCUT2D eigenvalue weighted by Crippen LogP contribution is 1.83. The summed E-state index contributed by atoms with van der Waals surface area (Å²) in [5.41, 5.74) is 0. The standard InChI is InChI=1S/C6H16N2O2S/c1-3-8(4-2)6-5-7-11(9)10/h11H,3-6H2,1-2H3,(H,7,9,10). The molecule has 0 fully saturated rings. The van der Waals surface area contributed by atoms with Gasteiger partial charge in [0, 0.05) is 13.1 Å². The molecular formula is C6H16N2O2S. The minimum Gasteiger partial charge on any atom is -0.303 e. The predicted molar refractivity (Wildman–Crippen MR) is 46.1 cm³/mol. The maximum absolute atomic E-state index is 10.1. The number of hydrogen-bond acceptors (Lipinski definition) is 3. The first-order valence-corrected chi connectivity index (χ1v) is 4.98. The van der Waals surface area contributed by atoms with E-state index in [4.69, 9.17) is 0 Å². The summed E-state index contributed by atoms with van der Waals surface area (Å²) in [4.78, 5) is 2.16. The SMILES string of the molecule is CCN(CC)CCN[SH](=O)=O. The molecule has 0 aliphatic carbocycles. The maximum atomic E-state index is 10.1. The van der Waals surface area contributed by atoms with Crippen LogP contribution >= 0.6 is 0 Å². The van der Waals surface area contributed by atoms with Crippen LogP contribution in [0.1, 0.15) is 13.8 Å². The predicted octanol–water partition coefficient (Wildman–Crippen LogP) is -0.556. The lowest BCUT2D eigenvalue weighted by atomic mass is 10.5. The van der Waals surface area contributed by atoms with Crippen molar-refractivity contribution in [2.75, 3.05) is 26.2 Å². The first-order chi connectivity index (χ1) is 5.20. The molecule has 0 aromatic carbocycles. The molecule has 0 aromatic heterocycles. The molecule has 0 atom stereocenters. The lowest BCUT2D eigenvalue weighted by molar-refractivity contribution is 0.309. The molecule has 1 N–H and O–H groups in total. The summed E-state index contributed by atoms with van der Waals surface area (Å²) in [5, 5.41) is 0.